The largest absolute Gasteiger partial charge is 0.370 e. The van der Waals surface area contributed by atoms with Crippen LogP contribution < -0.4 is 11.5 Å². The van der Waals surface area contributed by atoms with Gasteiger partial charge in [-0.05, 0) is 0 Å². The lowest BCUT2D eigenvalue weighted by Gasteiger charge is -2.00. The van der Waals surface area contributed by atoms with Crippen LogP contribution in [0.3, 0.4) is 0 Å². The number of nitrogens with zero attached hydrogens (tertiary/aromatic N) is 3. The van der Waals surface area contributed by atoms with Gasteiger partial charge in [-0.25, -0.2) is 4.98 Å². The summed E-state index contributed by atoms with van der Waals surface area (Å²) < 4.78 is 1.95. The summed E-state index contributed by atoms with van der Waals surface area (Å²) in [5, 5.41) is 7.52. The van der Waals surface area contributed by atoms with E-state index in [1.807, 2.05) is 17.8 Å². The molecule has 1 rings (SSSR count). The van der Waals surface area contributed by atoms with E-state index in [-0.39, 0.29) is 11.1 Å². The molecule has 0 saturated heterocycles. The minimum Gasteiger partial charge on any atom is -0.370 e. The van der Waals surface area contributed by atoms with Crippen LogP contribution >= 0.6 is 11.8 Å². The van der Waals surface area contributed by atoms with Crippen LogP contribution in [-0.2, 0) is 13.5 Å². The average Bonchev–Trinajstić information content (AvgIpc) is 2.50. The molecule has 0 aliphatic heterocycles. The summed E-state index contributed by atoms with van der Waals surface area (Å²) in [7, 11) is 1.94. The highest BCUT2D eigenvalue weighted by Crippen LogP contribution is 2.07. The molecule has 0 atom stereocenters. The third-order valence-electron chi connectivity index (χ3n) is 1.72. The Kier molecular flexibility index (Phi) is 4.17. The van der Waals surface area contributed by atoms with E-state index in [4.69, 9.17) is 16.9 Å². The number of amidine groups is 1. The molecule has 0 amide bonds. The molecule has 15 heavy (non-hydrogen) atoms. The van der Waals surface area contributed by atoms with Crippen LogP contribution in [0.2, 0.25) is 0 Å². The lowest BCUT2D eigenvalue weighted by atomic mass is 10.4. The van der Waals surface area contributed by atoms with E-state index >= 15 is 0 Å². The van der Waals surface area contributed by atoms with Gasteiger partial charge in [0.25, 0.3) is 0 Å². The lowest BCUT2D eigenvalue weighted by Crippen LogP contribution is -2.23. The number of nitrogens with one attached hydrogen (secondary N) is 1. The first-order valence-electron chi connectivity index (χ1n) is 4.37. The van der Waals surface area contributed by atoms with Crippen molar-refractivity contribution >= 4 is 22.9 Å². The van der Waals surface area contributed by atoms with E-state index in [0.717, 1.165) is 18.0 Å². The molecule has 0 aliphatic carbocycles. The van der Waals surface area contributed by atoms with Crippen LogP contribution in [0.4, 0.5) is 0 Å². The number of imidazole rings is 1. The minimum atomic E-state index is -0.0792. The molecule has 0 aromatic carbocycles. The molecular formula is C8H14N6S. The molecule has 0 unspecified atom stereocenters. The number of hydrogen-bond acceptors (Lipinski definition) is 3. The lowest BCUT2D eigenvalue weighted by molar-refractivity contribution is 0.812. The molecule has 0 fully saturated rings. The number of rotatable bonds is 3. The highest BCUT2D eigenvalue weighted by atomic mass is 32.2. The first-order chi connectivity index (χ1) is 7.09. The van der Waals surface area contributed by atoms with E-state index < -0.39 is 0 Å². The van der Waals surface area contributed by atoms with Gasteiger partial charge < -0.3 is 16.0 Å². The van der Waals surface area contributed by atoms with Crippen molar-refractivity contribution in [2.24, 2.45) is 23.5 Å². The Hall–Kier alpha value is -1.50. The molecule has 0 radical (unpaired) electrons. The summed E-state index contributed by atoms with van der Waals surface area (Å²) in [6.07, 6.45) is 4.43. The monoisotopic (exact) mass is 226 g/mol. The molecule has 1 heterocycles. The van der Waals surface area contributed by atoms with Crippen molar-refractivity contribution < 1.29 is 0 Å². The molecule has 0 bridgehead atoms. The van der Waals surface area contributed by atoms with Gasteiger partial charge in [0.05, 0.1) is 0 Å². The summed E-state index contributed by atoms with van der Waals surface area (Å²) in [4.78, 5) is 7.78. The maximum Gasteiger partial charge on any atom is 0.193 e. The van der Waals surface area contributed by atoms with E-state index in [1.54, 1.807) is 6.20 Å². The molecular weight excluding hydrogens is 212 g/mol. The zero-order chi connectivity index (χ0) is 11.3. The van der Waals surface area contributed by atoms with Crippen LogP contribution in [0.5, 0.6) is 0 Å². The van der Waals surface area contributed by atoms with Gasteiger partial charge in [-0.2, -0.15) is 4.99 Å². The Morgan fingerprint density at radius 3 is 2.93 bits per heavy atom. The maximum atomic E-state index is 7.39. The van der Waals surface area contributed by atoms with E-state index in [0.29, 0.717) is 0 Å². The number of aliphatic imine (C=N–C) groups is 1. The van der Waals surface area contributed by atoms with Crippen LogP contribution in [0, 0.1) is 5.41 Å². The van der Waals surface area contributed by atoms with Gasteiger partial charge in [-0.15, -0.1) is 0 Å². The fourth-order valence-corrected chi connectivity index (χ4v) is 1.67. The zero-order valence-electron chi connectivity index (χ0n) is 8.47. The van der Waals surface area contributed by atoms with Gasteiger partial charge in [0.15, 0.2) is 11.1 Å². The summed E-state index contributed by atoms with van der Waals surface area (Å²) >= 11 is 1.29. The fourth-order valence-electron chi connectivity index (χ4n) is 1.03. The van der Waals surface area contributed by atoms with Gasteiger partial charge in [0.1, 0.15) is 5.82 Å². The fraction of sp³-hybridized carbons (Fsp3) is 0.375. The van der Waals surface area contributed by atoms with Crippen molar-refractivity contribution in [3.8, 4) is 0 Å². The van der Waals surface area contributed by atoms with Crippen LogP contribution in [0.25, 0.3) is 0 Å². The van der Waals surface area contributed by atoms with Gasteiger partial charge >= 0.3 is 0 Å². The van der Waals surface area contributed by atoms with Gasteiger partial charge in [-0.3, -0.25) is 5.41 Å². The first-order valence-corrected chi connectivity index (χ1v) is 5.35. The predicted octanol–water partition coefficient (Wildman–Crippen LogP) is -0.0960. The molecule has 7 heteroatoms. The van der Waals surface area contributed by atoms with E-state index in [1.165, 1.54) is 11.8 Å². The summed E-state index contributed by atoms with van der Waals surface area (Å²) in [5.74, 6) is 1.64. The van der Waals surface area contributed by atoms with Crippen LogP contribution in [0.1, 0.15) is 5.82 Å². The van der Waals surface area contributed by atoms with Crippen molar-refractivity contribution in [1.29, 1.82) is 5.41 Å². The number of guanidine groups is 1. The summed E-state index contributed by atoms with van der Waals surface area (Å²) in [6, 6.07) is 0. The number of thioether (sulfide) groups is 1. The molecule has 0 spiro atoms. The highest BCUT2D eigenvalue weighted by molar-refractivity contribution is 8.13. The van der Waals surface area contributed by atoms with E-state index in [9.17, 15) is 0 Å². The highest BCUT2D eigenvalue weighted by Gasteiger charge is 2.01. The average molecular weight is 226 g/mol. The molecule has 1 aromatic rings. The Labute approximate surface area is 92.3 Å². The van der Waals surface area contributed by atoms with Crippen molar-refractivity contribution in [3.05, 3.63) is 18.2 Å². The Bertz CT molecular complexity index is 365. The Balaban J connectivity index is 2.31. The van der Waals surface area contributed by atoms with E-state index in [2.05, 4.69) is 9.98 Å². The molecule has 82 valence electrons. The Morgan fingerprint density at radius 1 is 1.67 bits per heavy atom. The topological polar surface area (TPSA) is 106 Å². The number of aryl methyl sites for hydroxylation is 2. The SMILES string of the molecule is Cn1ccnc1CCSC(=N)N=C(N)N. The molecule has 0 saturated carbocycles. The number of aromatic nitrogens is 2. The van der Waals surface area contributed by atoms with Gasteiger partial charge in [0.2, 0.25) is 0 Å². The van der Waals surface area contributed by atoms with Crippen molar-refractivity contribution in [1.82, 2.24) is 9.55 Å². The predicted molar refractivity (Wildman–Crippen MR) is 62.9 cm³/mol. The second-order valence-electron chi connectivity index (χ2n) is 2.89. The molecule has 1 aromatic heterocycles. The zero-order valence-corrected chi connectivity index (χ0v) is 9.29. The minimum absolute atomic E-state index is 0.0792. The molecule has 0 aliphatic rings. The van der Waals surface area contributed by atoms with Crippen molar-refractivity contribution in [3.63, 3.8) is 0 Å². The standard InChI is InChI=1S/C8H14N6S/c1-14-4-3-12-6(14)2-5-15-8(11)13-7(9)10/h3-4H,2,5H2,1H3,(H5,9,10,11,13). The summed E-state index contributed by atoms with van der Waals surface area (Å²) in [6.45, 7) is 0. The smallest absolute Gasteiger partial charge is 0.193 e. The van der Waals surface area contributed by atoms with Crippen LogP contribution in [-0.4, -0.2) is 26.4 Å². The van der Waals surface area contributed by atoms with Gasteiger partial charge in [0, 0.05) is 31.6 Å². The second kappa shape index (κ2) is 5.40. The normalized spacial score (nSPS) is 9.93. The second-order valence-corrected chi connectivity index (χ2v) is 3.98. The number of nitrogens with two attached hydrogens (primary N) is 2. The van der Waals surface area contributed by atoms with Crippen LogP contribution in [0.15, 0.2) is 17.4 Å². The quantitative estimate of drug-likeness (QED) is 0.494. The Morgan fingerprint density at radius 2 is 2.40 bits per heavy atom. The third-order valence-corrected chi connectivity index (χ3v) is 2.49. The van der Waals surface area contributed by atoms with Crippen molar-refractivity contribution in [2.45, 2.75) is 6.42 Å². The molecule has 5 N–H and O–H groups in total. The first kappa shape index (κ1) is 11.6. The van der Waals surface area contributed by atoms with Gasteiger partial charge in [-0.1, -0.05) is 11.8 Å². The number of hydrogen-bond donors (Lipinski definition) is 3. The maximum absolute atomic E-state index is 7.39. The third kappa shape index (κ3) is 4.03. The molecule has 6 nitrogen and oxygen atoms in total. The van der Waals surface area contributed by atoms with Crippen molar-refractivity contribution in [2.75, 3.05) is 5.75 Å². The summed E-state index contributed by atoms with van der Waals surface area (Å²) in [5.41, 5.74) is 10.3.